The van der Waals surface area contributed by atoms with Crippen LogP contribution in [0.25, 0.3) is 0 Å². The van der Waals surface area contributed by atoms with Crippen molar-refractivity contribution in [2.24, 2.45) is 5.10 Å². The fraction of sp³-hybridized carbons (Fsp3) is 0.125. The van der Waals surface area contributed by atoms with Gasteiger partial charge in [0.25, 0.3) is 5.91 Å². The van der Waals surface area contributed by atoms with Crippen molar-refractivity contribution < 1.29 is 14.3 Å². The van der Waals surface area contributed by atoms with Crippen LogP contribution in [0.15, 0.2) is 53.6 Å². The van der Waals surface area contributed by atoms with Crippen LogP contribution >= 0.6 is 11.6 Å². The molecule has 0 unspecified atom stereocenters. The van der Waals surface area contributed by atoms with Gasteiger partial charge < -0.3 is 9.47 Å². The maximum absolute atomic E-state index is 11.6. The largest absolute Gasteiger partial charge is 0.497 e. The molecule has 6 heteroatoms. The van der Waals surface area contributed by atoms with E-state index in [1.54, 1.807) is 31.4 Å². The van der Waals surface area contributed by atoms with Crippen LogP contribution in [0.1, 0.15) is 5.56 Å². The number of nitrogens with zero attached hydrogens (tertiary/aromatic N) is 1. The summed E-state index contributed by atoms with van der Waals surface area (Å²) in [6.07, 6.45) is 1.53. The average molecular weight is 319 g/mol. The van der Waals surface area contributed by atoms with E-state index in [2.05, 4.69) is 10.5 Å². The Labute approximate surface area is 133 Å². The molecule has 0 spiro atoms. The van der Waals surface area contributed by atoms with E-state index in [0.717, 1.165) is 11.3 Å². The molecular formula is C16H15ClN2O3. The summed E-state index contributed by atoms with van der Waals surface area (Å²) in [6.45, 7) is -0.163. The van der Waals surface area contributed by atoms with E-state index in [1.807, 2.05) is 24.3 Å². The quantitative estimate of drug-likeness (QED) is 0.658. The number of carbonyl (C=O) groups excluding carboxylic acids is 1. The molecule has 0 radical (unpaired) electrons. The minimum Gasteiger partial charge on any atom is -0.497 e. The Bertz CT molecular complexity index is 657. The van der Waals surface area contributed by atoms with Gasteiger partial charge in [-0.1, -0.05) is 23.7 Å². The minimum absolute atomic E-state index is 0.163. The van der Waals surface area contributed by atoms with E-state index >= 15 is 0 Å². The van der Waals surface area contributed by atoms with Crippen LogP contribution in [-0.4, -0.2) is 25.8 Å². The molecular weight excluding hydrogens is 304 g/mol. The van der Waals surface area contributed by atoms with Gasteiger partial charge in [0, 0.05) is 0 Å². The summed E-state index contributed by atoms with van der Waals surface area (Å²) in [4.78, 5) is 11.6. The molecule has 0 saturated carbocycles. The Kier molecular flexibility index (Phi) is 5.80. The first-order chi connectivity index (χ1) is 10.7. The summed E-state index contributed by atoms with van der Waals surface area (Å²) < 4.78 is 10.4. The second-order valence-corrected chi connectivity index (χ2v) is 4.69. The maximum Gasteiger partial charge on any atom is 0.277 e. The normalized spacial score (nSPS) is 10.5. The first-order valence-electron chi connectivity index (χ1n) is 6.52. The van der Waals surface area contributed by atoms with Crippen molar-refractivity contribution in [1.82, 2.24) is 5.43 Å². The SMILES string of the molecule is COc1ccc(C=NNC(=O)COc2ccccc2Cl)cc1. The number of nitrogens with one attached hydrogen (secondary N) is 1. The molecule has 0 aliphatic rings. The van der Waals surface area contributed by atoms with E-state index in [0.29, 0.717) is 10.8 Å². The zero-order valence-electron chi connectivity index (χ0n) is 12.0. The van der Waals surface area contributed by atoms with Gasteiger partial charge in [-0.3, -0.25) is 4.79 Å². The van der Waals surface area contributed by atoms with E-state index < -0.39 is 0 Å². The predicted molar refractivity (Wildman–Crippen MR) is 85.7 cm³/mol. The summed E-state index contributed by atoms with van der Waals surface area (Å²) in [5.74, 6) is 0.845. The number of ether oxygens (including phenoxy) is 2. The van der Waals surface area contributed by atoms with E-state index in [4.69, 9.17) is 21.1 Å². The lowest BCUT2D eigenvalue weighted by Gasteiger charge is -2.06. The van der Waals surface area contributed by atoms with Crippen LogP contribution in [0.5, 0.6) is 11.5 Å². The number of hydrazone groups is 1. The van der Waals surface area contributed by atoms with Crippen LogP contribution in [0, 0.1) is 0 Å². The van der Waals surface area contributed by atoms with Crippen LogP contribution in [-0.2, 0) is 4.79 Å². The Morgan fingerprint density at radius 2 is 1.95 bits per heavy atom. The molecule has 22 heavy (non-hydrogen) atoms. The maximum atomic E-state index is 11.6. The average Bonchev–Trinajstić information content (AvgIpc) is 2.55. The van der Waals surface area contributed by atoms with Gasteiger partial charge in [0.1, 0.15) is 11.5 Å². The second-order valence-electron chi connectivity index (χ2n) is 4.29. The van der Waals surface area contributed by atoms with Gasteiger partial charge >= 0.3 is 0 Å². The highest BCUT2D eigenvalue weighted by Gasteiger charge is 2.04. The molecule has 2 aromatic carbocycles. The highest BCUT2D eigenvalue weighted by atomic mass is 35.5. The molecule has 0 heterocycles. The lowest BCUT2D eigenvalue weighted by atomic mass is 10.2. The first kappa shape index (κ1) is 15.9. The number of carbonyl (C=O) groups is 1. The number of hydrogen-bond donors (Lipinski definition) is 1. The summed E-state index contributed by atoms with van der Waals surface area (Å²) in [6, 6.07) is 14.2. The van der Waals surface area contributed by atoms with Crippen LogP contribution in [0.4, 0.5) is 0 Å². The lowest BCUT2D eigenvalue weighted by molar-refractivity contribution is -0.123. The molecule has 5 nitrogen and oxygen atoms in total. The molecule has 1 N–H and O–H groups in total. The van der Waals surface area contributed by atoms with E-state index in [1.165, 1.54) is 6.21 Å². The molecule has 0 aliphatic heterocycles. The zero-order chi connectivity index (χ0) is 15.8. The molecule has 114 valence electrons. The first-order valence-corrected chi connectivity index (χ1v) is 6.90. The molecule has 0 aliphatic carbocycles. The number of benzene rings is 2. The van der Waals surface area contributed by atoms with Crippen LogP contribution in [0.2, 0.25) is 5.02 Å². The number of methoxy groups -OCH3 is 1. The number of para-hydroxylation sites is 1. The number of halogens is 1. The van der Waals surface area contributed by atoms with Crippen molar-refractivity contribution in [2.75, 3.05) is 13.7 Å². The molecule has 0 saturated heterocycles. The summed E-state index contributed by atoms with van der Waals surface area (Å²) in [5.41, 5.74) is 3.22. The Hall–Kier alpha value is -2.53. The Balaban J connectivity index is 1.79. The van der Waals surface area contributed by atoms with Crippen molar-refractivity contribution in [3.05, 3.63) is 59.1 Å². The van der Waals surface area contributed by atoms with Gasteiger partial charge in [0.05, 0.1) is 18.3 Å². The molecule has 0 atom stereocenters. The van der Waals surface area contributed by atoms with Crippen molar-refractivity contribution >= 4 is 23.7 Å². The third-order valence-corrected chi connectivity index (χ3v) is 3.03. The molecule has 0 aromatic heterocycles. The third-order valence-electron chi connectivity index (χ3n) is 2.71. The lowest BCUT2D eigenvalue weighted by Crippen LogP contribution is -2.24. The standard InChI is InChI=1S/C16H15ClN2O3/c1-21-13-8-6-12(7-9-13)10-18-19-16(20)11-22-15-5-3-2-4-14(15)17/h2-10H,11H2,1H3,(H,19,20). The number of hydrogen-bond acceptors (Lipinski definition) is 4. The number of rotatable bonds is 6. The molecule has 0 fully saturated rings. The van der Waals surface area contributed by atoms with Crippen molar-refractivity contribution in [3.63, 3.8) is 0 Å². The smallest absolute Gasteiger partial charge is 0.277 e. The highest BCUT2D eigenvalue weighted by Crippen LogP contribution is 2.22. The van der Waals surface area contributed by atoms with Gasteiger partial charge in [0.15, 0.2) is 6.61 Å². The second kappa shape index (κ2) is 8.05. The Morgan fingerprint density at radius 1 is 1.23 bits per heavy atom. The van der Waals surface area contributed by atoms with Gasteiger partial charge in [0.2, 0.25) is 0 Å². The predicted octanol–water partition coefficient (Wildman–Crippen LogP) is 2.88. The highest BCUT2D eigenvalue weighted by molar-refractivity contribution is 6.32. The molecule has 2 aromatic rings. The Morgan fingerprint density at radius 3 is 2.64 bits per heavy atom. The summed E-state index contributed by atoms with van der Waals surface area (Å²) in [5, 5.41) is 4.31. The van der Waals surface area contributed by atoms with Gasteiger partial charge in [-0.05, 0) is 42.0 Å². The minimum atomic E-state index is -0.371. The third kappa shape index (κ3) is 4.79. The van der Waals surface area contributed by atoms with Crippen molar-refractivity contribution in [2.45, 2.75) is 0 Å². The van der Waals surface area contributed by atoms with Crippen molar-refractivity contribution in [1.29, 1.82) is 0 Å². The van der Waals surface area contributed by atoms with Crippen LogP contribution in [0.3, 0.4) is 0 Å². The van der Waals surface area contributed by atoms with Gasteiger partial charge in [-0.2, -0.15) is 5.10 Å². The van der Waals surface area contributed by atoms with Crippen LogP contribution < -0.4 is 14.9 Å². The molecule has 2 rings (SSSR count). The topological polar surface area (TPSA) is 59.9 Å². The summed E-state index contributed by atoms with van der Waals surface area (Å²) in [7, 11) is 1.60. The van der Waals surface area contributed by atoms with Gasteiger partial charge in [-0.15, -0.1) is 0 Å². The van der Waals surface area contributed by atoms with E-state index in [9.17, 15) is 4.79 Å². The zero-order valence-corrected chi connectivity index (χ0v) is 12.7. The fourth-order valence-corrected chi connectivity index (χ4v) is 1.80. The van der Waals surface area contributed by atoms with Crippen molar-refractivity contribution in [3.8, 4) is 11.5 Å². The number of amides is 1. The molecule has 0 bridgehead atoms. The summed E-state index contributed by atoms with van der Waals surface area (Å²) >= 11 is 5.92. The van der Waals surface area contributed by atoms with E-state index in [-0.39, 0.29) is 12.5 Å². The van der Waals surface area contributed by atoms with Gasteiger partial charge in [-0.25, -0.2) is 5.43 Å². The monoisotopic (exact) mass is 318 g/mol. The fourth-order valence-electron chi connectivity index (χ4n) is 1.61. The molecule has 1 amide bonds.